The van der Waals surface area contributed by atoms with Crippen molar-refractivity contribution >= 4 is 32.6 Å². The molecule has 7 heteroatoms. The van der Waals surface area contributed by atoms with Crippen molar-refractivity contribution in [3.63, 3.8) is 0 Å². The number of carbonyl (C=O) groups is 1. The molecule has 1 N–H and O–H groups in total. The van der Waals surface area contributed by atoms with Crippen LogP contribution in [-0.2, 0) is 0 Å². The number of carbonyl (C=O) groups excluding carboxylic acids is 1. The Kier molecular flexibility index (Phi) is 4.37. The molecule has 6 nitrogen and oxygen atoms in total. The van der Waals surface area contributed by atoms with Crippen molar-refractivity contribution in [3.05, 3.63) is 60.4 Å². The minimum absolute atomic E-state index is 0.137. The normalized spacial score (nSPS) is 10.8. The Morgan fingerprint density at radius 3 is 2.85 bits per heavy atom. The molecule has 4 rings (SSSR count). The molecule has 0 spiro atoms. The summed E-state index contributed by atoms with van der Waals surface area (Å²) in [6, 6.07) is 16.8. The van der Waals surface area contributed by atoms with E-state index in [9.17, 15) is 4.79 Å². The molecule has 0 saturated heterocycles. The minimum Gasteiger partial charge on any atom is -0.494 e. The molecular weight excluding hydrogens is 350 g/mol. The number of benzene rings is 2. The molecule has 0 unspecified atom stereocenters. The summed E-state index contributed by atoms with van der Waals surface area (Å²) < 4.78 is 11.6. The molecular formula is C19H15N3O3S. The number of amides is 1. The van der Waals surface area contributed by atoms with E-state index >= 15 is 0 Å². The lowest BCUT2D eigenvalue weighted by Crippen LogP contribution is -2.10. The maximum atomic E-state index is 12.4. The maximum Gasteiger partial charge on any atom is 0.296 e. The summed E-state index contributed by atoms with van der Waals surface area (Å²) >= 11 is 1.38. The highest BCUT2D eigenvalue weighted by Gasteiger charge is 2.16. The van der Waals surface area contributed by atoms with Crippen molar-refractivity contribution in [1.29, 1.82) is 0 Å². The fourth-order valence-corrected chi connectivity index (χ4v) is 3.39. The number of hydrogen-bond donors (Lipinski definition) is 1. The van der Waals surface area contributed by atoms with E-state index in [-0.39, 0.29) is 11.7 Å². The largest absolute Gasteiger partial charge is 0.494 e. The third-order valence-electron chi connectivity index (χ3n) is 3.69. The second-order valence-corrected chi connectivity index (χ2v) is 6.51. The number of aromatic nitrogens is 2. The minimum atomic E-state index is -0.385. The van der Waals surface area contributed by atoms with Crippen molar-refractivity contribution in [2.45, 2.75) is 6.92 Å². The highest BCUT2D eigenvalue weighted by Crippen LogP contribution is 2.29. The van der Waals surface area contributed by atoms with Gasteiger partial charge in [0.2, 0.25) is 5.76 Å². The molecule has 2 aromatic carbocycles. The summed E-state index contributed by atoms with van der Waals surface area (Å²) in [5.74, 6) is 0.533. The van der Waals surface area contributed by atoms with E-state index in [1.54, 1.807) is 6.07 Å². The van der Waals surface area contributed by atoms with Gasteiger partial charge in [-0.25, -0.2) is 4.98 Å². The van der Waals surface area contributed by atoms with E-state index in [2.05, 4.69) is 15.5 Å². The molecule has 0 radical (unpaired) electrons. The Morgan fingerprint density at radius 2 is 2.04 bits per heavy atom. The second kappa shape index (κ2) is 6.97. The average molecular weight is 365 g/mol. The van der Waals surface area contributed by atoms with Crippen LogP contribution in [0.4, 0.5) is 5.13 Å². The number of nitrogens with zero attached hydrogens (tertiary/aromatic N) is 2. The maximum absolute atomic E-state index is 12.4. The molecule has 26 heavy (non-hydrogen) atoms. The van der Waals surface area contributed by atoms with Gasteiger partial charge in [0.25, 0.3) is 5.91 Å². The van der Waals surface area contributed by atoms with Crippen LogP contribution in [0.3, 0.4) is 0 Å². The lowest BCUT2D eigenvalue weighted by molar-refractivity contribution is 0.0988. The lowest BCUT2D eigenvalue weighted by Gasteiger charge is -2.00. The molecule has 0 atom stereocenters. The summed E-state index contributed by atoms with van der Waals surface area (Å²) in [4.78, 5) is 16.8. The standard InChI is InChI=1S/C19H15N3O3S/c1-2-24-13-8-9-14-17(10-13)26-19(20-14)21-18(23)16-11-15(22-25-16)12-6-4-3-5-7-12/h3-11H,2H2,1H3,(H,20,21,23). The van der Waals surface area contributed by atoms with E-state index in [1.807, 2.05) is 55.5 Å². The number of anilines is 1. The number of hydrogen-bond acceptors (Lipinski definition) is 6. The van der Waals surface area contributed by atoms with Crippen LogP contribution < -0.4 is 10.1 Å². The summed E-state index contributed by atoms with van der Waals surface area (Å²) in [5.41, 5.74) is 2.30. The van der Waals surface area contributed by atoms with Crippen LogP contribution in [0.1, 0.15) is 17.5 Å². The van der Waals surface area contributed by atoms with Gasteiger partial charge in [-0.2, -0.15) is 0 Å². The molecule has 130 valence electrons. The highest BCUT2D eigenvalue weighted by molar-refractivity contribution is 7.22. The van der Waals surface area contributed by atoms with Gasteiger partial charge in [0.1, 0.15) is 11.4 Å². The third-order valence-corrected chi connectivity index (χ3v) is 4.63. The van der Waals surface area contributed by atoms with Crippen LogP contribution in [0.25, 0.3) is 21.5 Å². The van der Waals surface area contributed by atoms with Gasteiger partial charge in [0, 0.05) is 11.6 Å². The lowest BCUT2D eigenvalue weighted by atomic mass is 10.1. The van der Waals surface area contributed by atoms with Crippen LogP contribution in [0.5, 0.6) is 5.75 Å². The SMILES string of the molecule is CCOc1ccc2nc(NC(=O)c3cc(-c4ccccc4)no3)sc2c1. The molecule has 0 aliphatic rings. The predicted molar refractivity (Wildman–Crippen MR) is 101 cm³/mol. The van der Waals surface area contributed by atoms with Crippen LogP contribution in [0.2, 0.25) is 0 Å². The first-order chi connectivity index (χ1) is 12.7. The van der Waals surface area contributed by atoms with Crippen molar-refractivity contribution in [2.75, 3.05) is 11.9 Å². The number of rotatable bonds is 5. The Labute approximate surface area is 153 Å². The monoisotopic (exact) mass is 365 g/mol. The average Bonchev–Trinajstić information content (AvgIpc) is 3.29. The topological polar surface area (TPSA) is 77.2 Å². The third kappa shape index (κ3) is 3.29. The van der Waals surface area contributed by atoms with Crippen molar-refractivity contribution in [1.82, 2.24) is 10.1 Å². The first-order valence-corrected chi connectivity index (χ1v) is 8.91. The summed E-state index contributed by atoms with van der Waals surface area (Å²) in [6.07, 6.45) is 0. The van der Waals surface area contributed by atoms with Gasteiger partial charge in [-0.15, -0.1) is 0 Å². The predicted octanol–water partition coefficient (Wildman–Crippen LogP) is 4.60. The van der Waals surface area contributed by atoms with E-state index in [0.29, 0.717) is 17.4 Å². The van der Waals surface area contributed by atoms with Gasteiger partial charge < -0.3 is 9.26 Å². The van der Waals surface area contributed by atoms with Crippen molar-refractivity contribution in [3.8, 4) is 17.0 Å². The zero-order valence-corrected chi connectivity index (χ0v) is 14.7. The van der Waals surface area contributed by atoms with E-state index in [4.69, 9.17) is 9.26 Å². The molecule has 0 bridgehead atoms. The van der Waals surface area contributed by atoms with Crippen molar-refractivity contribution in [2.24, 2.45) is 0 Å². The van der Waals surface area contributed by atoms with Gasteiger partial charge >= 0.3 is 0 Å². The summed E-state index contributed by atoms with van der Waals surface area (Å²) in [6.45, 7) is 2.53. The number of ether oxygens (including phenoxy) is 1. The second-order valence-electron chi connectivity index (χ2n) is 5.48. The molecule has 4 aromatic rings. The summed E-state index contributed by atoms with van der Waals surface area (Å²) in [7, 11) is 0. The quantitative estimate of drug-likeness (QED) is 0.559. The van der Waals surface area contributed by atoms with Crippen LogP contribution in [-0.4, -0.2) is 22.7 Å². The Balaban J connectivity index is 1.53. The molecule has 2 heterocycles. The fraction of sp³-hybridized carbons (Fsp3) is 0.105. The Morgan fingerprint density at radius 1 is 1.19 bits per heavy atom. The Hall–Kier alpha value is -3.19. The first-order valence-electron chi connectivity index (χ1n) is 8.10. The molecule has 0 fully saturated rings. The fourth-order valence-electron chi connectivity index (χ4n) is 2.50. The molecule has 0 aliphatic carbocycles. The van der Waals surface area contributed by atoms with Crippen molar-refractivity contribution < 1.29 is 14.1 Å². The molecule has 2 aromatic heterocycles. The molecule has 0 saturated carbocycles. The van der Waals surface area contributed by atoms with E-state index in [0.717, 1.165) is 21.5 Å². The van der Waals surface area contributed by atoms with Crippen LogP contribution in [0, 0.1) is 0 Å². The Bertz CT molecular complexity index is 1060. The van der Waals surface area contributed by atoms with Gasteiger partial charge in [-0.1, -0.05) is 46.8 Å². The molecule has 0 aliphatic heterocycles. The van der Waals surface area contributed by atoms with Gasteiger partial charge in [0.15, 0.2) is 5.13 Å². The van der Waals surface area contributed by atoms with Gasteiger partial charge in [-0.3, -0.25) is 10.1 Å². The van der Waals surface area contributed by atoms with E-state index < -0.39 is 0 Å². The number of nitrogens with one attached hydrogen (secondary N) is 1. The summed E-state index contributed by atoms with van der Waals surface area (Å²) in [5, 5.41) is 7.21. The highest BCUT2D eigenvalue weighted by atomic mass is 32.1. The first kappa shape index (κ1) is 16.3. The van der Waals surface area contributed by atoms with Gasteiger partial charge in [-0.05, 0) is 25.1 Å². The van der Waals surface area contributed by atoms with E-state index in [1.165, 1.54) is 11.3 Å². The number of thiazole rings is 1. The zero-order chi connectivity index (χ0) is 17.9. The smallest absolute Gasteiger partial charge is 0.296 e. The van der Waals surface area contributed by atoms with Crippen LogP contribution >= 0.6 is 11.3 Å². The molecule has 1 amide bonds. The number of fused-ring (bicyclic) bond motifs is 1. The zero-order valence-electron chi connectivity index (χ0n) is 13.9. The van der Waals surface area contributed by atoms with Gasteiger partial charge in [0.05, 0.1) is 16.8 Å². The van der Waals surface area contributed by atoms with Crippen LogP contribution in [0.15, 0.2) is 59.1 Å².